The summed E-state index contributed by atoms with van der Waals surface area (Å²) < 4.78 is 5.77. The van der Waals surface area contributed by atoms with Gasteiger partial charge in [0.05, 0.1) is 6.61 Å². The van der Waals surface area contributed by atoms with E-state index in [0.717, 1.165) is 11.1 Å². The molecule has 0 amide bonds. The summed E-state index contributed by atoms with van der Waals surface area (Å²) >= 11 is 0. The van der Waals surface area contributed by atoms with Crippen LogP contribution < -0.4 is 0 Å². The summed E-state index contributed by atoms with van der Waals surface area (Å²) in [5, 5.41) is 9.59. The van der Waals surface area contributed by atoms with Gasteiger partial charge in [0.15, 0.2) is 5.60 Å². The lowest BCUT2D eigenvalue weighted by Crippen LogP contribution is -2.41. The van der Waals surface area contributed by atoms with Crippen LogP contribution in [-0.2, 0) is 15.1 Å². The van der Waals surface area contributed by atoms with Gasteiger partial charge in [0, 0.05) is 12.0 Å². The van der Waals surface area contributed by atoms with E-state index in [-0.39, 0.29) is 0 Å². The first-order chi connectivity index (χ1) is 8.56. The van der Waals surface area contributed by atoms with Crippen molar-refractivity contribution in [2.45, 2.75) is 25.9 Å². The third kappa shape index (κ3) is 2.18. The fourth-order valence-corrected chi connectivity index (χ4v) is 2.18. The van der Waals surface area contributed by atoms with Gasteiger partial charge in [-0.3, -0.25) is 0 Å². The molecular weight excluding hydrogens is 228 g/mol. The van der Waals surface area contributed by atoms with E-state index in [0.29, 0.717) is 18.9 Å². The molecular formula is C15H18O3. The van der Waals surface area contributed by atoms with Crippen molar-refractivity contribution in [3.05, 3.63) is 41.5 Å². The number of fused-ring (bicyclic) bond motifs is 1. The van der Waals surface area contributed by atoms with Crippen molar-refractivity contribution in [2.75, 3.05) is 6.61 Å². The van der Waals surface area contributed by atoms with Gasteiger partial charge in [-0.25, -0.2) is 4.79 Å². The summed E-state index contributed by atoms with van der Waals surface area (Å²) in [5.74, 6) is -0.612. The lowest BCUT2D eigenvalue weighted by molar-refractivity contribution is -0.169. The maximum atomic E-state index is 11.7. The number of carboxylic acid groups (broad SMARTS) is 1. The van der Waals surface area contributed by atoms with Gasteiger partial charge < -0.3 is 9.84 Å². The van der Waals surface area contributed by atoms with E-state index in [9.17, 15) is 9.90 Å². The molecule has 0 saturated heterocycles. The van der Waals surface area contributed by atoms with E-state index < -0.39 is 11.6 Å². The zero-order valence-electron chi connectivity index (χ0n) is 10.7. The molecule has 2 rings (SSSR count). The molecule has 0 heterocycles. The van der Waals surface area contributed by atoms with Crippen molar-refractivity contribution in [1.29, 1.82) is 0 Å². The zero-order chi connectivity index (χ0) is 13.2. The number of carbonyl (C=O) groups is 1. The standard InChI is InChI=1S/C15H18O3/c1-11(2)10-18-15(14(16)17)9-5-7-12-6-3-4-8-13(12)15/h3-8,11H,9-10H2,1-2H3,(H,16,17). The van der Waals surface area contributed by atoms with Gasteiger partial charge in [-0.2, -0.15) is 0 Å². The molecule has 0 aliphatic heterocycles. The molecule has 0 bridgehead atoms. The molecule has 1 aromatic carbocycles. The van der Waals surface area contributed by atoms with Crippen LogP contribution in [0.1, 0.15) is 31.4 Å². The highest BCUT2D eigenvalue weighted by Gasteiger charge is 2.43. The van der Waals surface area contributed by atoms with Gasteiger partial charge in [0.25, 0.3) is 0 Å². The molecule has 1 atom stereocenters. The van der Waals surface area contributed by atoms with Crippen LogP contribution in [0.3, 0.4) is 0 Å². The van der Waals surface area contributed by atoms with Crippen molar-refractivity contribution in [3.63, 3.8) is 0 Å². The average molecular weight is 246 g/mol. The van der Waals surface area contributed by atoms with Crippen LogP contribution in [0.2, 0.25) is 0 Å². The van der Waals surface area contributed by atoms with Crippen molar-refractivity contribution in [3.8, 4) is 0 Å². The maximum Gasteiger partial charge on any atom is 0.341 e. The fraction of sp³-hybridized carbons (Fsp3) is 0.400. The first-order valence-corrected chi connectivity index (χ1v) is 6.19. The number of hydrogen-bond donors (Lipinski definition) is 1. The predicted octanol–water partition coefficient (Wildman–Crippen LogP) is 3.06. The van der Waals surface area contributed by atoms with Crippen molar-refractivity contribution >= 4 is 12.0 Å². The number of carboxylic acids is 1. The second-order valence-corrected chi connectivity index (χ2v) is 5.03. The summed E-state index contributed by atoms with van der Waals surface area (Å²) in [5.41, 5.74) is 0.450. The number of ether oxygens (including phenoxy) is 1. The van der Waals surface area contributed by atoms with Gasteiger partial charge in [-0.15, -0.1) is 0 Å². The van der Waals surface area contributed by atoms with Crippen LogP contribution in [0.15, 0.2) is 30.3 Å². The molecule has 3 nitrogen and oxygen atoms in total. The third-order valence-corrected chi connectivity index (χ3v) is 3.11. The highest BCUT2D eigenvalue weighted by Crippen LogP contribution is 2.37. The smallest absolute Gasteiger partial charge is 0.341 e. The second-order valence-electron chi connectivity index (χ2n) is 5.03. The summed E-state index contributed by atoms with van der Waals surface area (Å²) in [4.78, 5) is 11.7. The molecule has 1 aliphatic rings. The number of rotatable bonds is 4. The minimum absolute atomic E-state index is 0.305. The molecule has 0 radical (unpaired) electrons. The Labute approximate surface area is 107 Å². The molecule has 1 N–H and O–H groups in total. The van der Waals surface area contributed by atoms with E-state index in [1.54, 1.807) is 0 Å². The minimum atomic E-state index is -1.23. The van der Waals surface area contributed by atoms with Crippen LogP contribution in [0.25, 0.3) is 6.08 Å². The molecule has 0 spiro atoms. The minimum Gasteiger partial charge on any atom is -0.479 e. The average Bonchev–Trinajstić information content (AvgIpc) is 2.36. The Balaban J connectivity index is 2.42. The Bertz CT molecular complexity index is 476. The summed E-state index contributed by atoms with van der Waals surface area (Å²) in [7, 11) is 0. The van der Waals surface area contributed by atoms with E-state index in [4.69, 9.17) is 4.74 Å². The van der Waals surface area contributed by atoms with Crippen LogP contribution in [0, 0.1) is 5.92 Å². The van der Waals surface area contributed by atoms with Gasteiger partial charge >= 0.3 is 5.97 Å². The lowest BCUT2D eigenvalue weighted by Gasteiger charge is -2.33. The summed E-state index contributed by atoms with van der Waals surface area (Å²) in [6.45, 7) is 4.47. The fourth-order valence-electron chi connectivity index (χ4n) is 2.18. The zero-order valence-corrected chi connectivity index (χ0v) is 10.7. The largest absolute Gasteiger partial charge is 0.479 e. The third-order valence-electron chi connectivity index (χ3n) is 3.11. The predicted molar refractivity (Wildman–Crippen MR) is 70.2 cm³/mol. The van der Waals surface area contributed by atoms with Crippen molar-refractivity contribution in [2.24, 2.45) is 5.92 Å². The quantitative estimate of drug-likeness (QED) is 0.888. The molecule has 18 heavy (non-hydrogen) atoms. The topological polar surface area (TPSA) is 46.5 Å². The SMILES string of the molecule is CC(C)COC1(C(=O)O)CC=Cc2ccccc21. The van der Waals surface area contributed by atoms with E-state index in [1.165, 1.54) is 0 Å². The molecule has 1 unspecified atom stereocenters. The van der Waals surface area contributed by atoms with Crippen LogP contribution in [0.4, 0.5) is 0 Å². The molecule has 1 aromatic rings. The maximum absolute atomic E-state index is 11.7. The Morgan fingerprint density at radius 1 is 1.44 bits per heavy atom. The van der Waals surface area contributed by atoms with Gasteiger partial charge in [-0.1, -0.05) is 50.3 Å². The number of hydrogen-bond acceptors (Lipinski definition) is 2. The Hall–Kier alpha value is -1.61. The van der Waals surface area contributed by atoms with Gasteiger partial charge in [-0.05, 0) is 11.5 Å². The van der Waals surface area contributed by atoms with E-state index in [1.807, 2.05) is 50.3 Å². The lowest BCUT2D eigenvalue weighted by atomic mass is 9.82. The van der Waals surface area contributed by atoms with Gasteiger partial charge in [0.1, 0.15) is 0 Å². The Kier molecular flexibility index (Phi) is 3.53. The molecule has 0 saturated carbocycles. The number of benzene rings is 1. The Morgan fingerprint density at radius 2 is 2.17 bits per heavy atom. The van der Waals surface area contributed by atoms with Crippen LogP contribution in [0.5, 0.6) is 0 Å². The van der Waals surface area contributed by atoms with E-state index >= 15 is 0 Å². The molecule has 96 valence electrons. The summed E-state index contributed by atoms with van der Waals surface area (Å²) in [6.07, 6.45) is 4.21. The Morgan fingerprint density at radius 3 is 2.83 bits per heavy atom. The second kappa shape index (κ2) is 4.94. The highest BCUT2D eigenvalue weighted by molar-refractivity contribution is 5.83. The molecule has 3 heteroatoms. The van der Waals surface area contributed by atoms with Crippen LogP contribution in [-0.4, -0.2) is 17.7 Å². The van der Waals surface area contributed by atoms with Gasteiger partial charge in [0.2, 0.25) is 0 Å². The van der Waals surface area contributed by atoms with E-state index in [2.05, 4.69) is 0 Å². The van der Waals surface area contributed by atoms with Crippen molar-refractivity contribution in [1.82, 2.24) is 0 Å². The monoisotopic (exact) mass is 246 g/mol. The van der Waals surface area contributed by atoms with Crippen LogP contribution >= 0.6 is 0 Å². The highest BCUT2D eigenvalue weighted by atomic mass is 16.5. The molecule has 1 aliphatic carbocycles. The normalized spacial score (nSPS) is 21.9. The molecule has 0 fully saturated rings. The summed E-state index contributed by atoms with van der Waals surface area (Å²) in [6, 6.07) is 7.52. The number of aliphatic carboxylic acids is 1. The first kappa shape index (κ1) is 12.8. The first-order valence-electron chi connectivity index (χ1n) is 6.19. The molecule has 0 aromatic heterocycles. The van der Waals surface area contributed by atoms with Crippen molar-refractivity contribution < 1.29 is 14.6 Å².